The summed E-state index contributed by atoms with van der Waals surface area (Å²) in [6, 6.07) is 3.32. The summed E-state index contributed by atoms with van der Waals surface area (Å²) in [7, 11) is -3.85. The van der Waals surface area contributed by atoms with Crippen LogP contribution < -0.4 is 10.5 Å². The summed E-state index contributed by atoms with van der Waals surface area (Å²) in [6.45, 7) is 6.00. The number of hydrogen-bond acceptors (Lipinski definition) is 6. The van der Waals surface area contributed by atoms with Gasteiger partial charge in [-0.2, -0.15) is 0 Å². The molecule has 0 saturated carbocycles. The molecule has 0 spiro atoms. The van der Waals surface area contributed by atoms with E-state index in [0.717, 1.165) is 11.6 Å². The van der Waals surface area contributed by atoms with Crippen molar-refractivity contribution in [3.63, 3.8) is 0 Å². The molecule has 116 valence electrons. The number of sulfonamides is 1. The monoisotopic (exact) mass is 315 g/mol. The molecule has 0 aliphatic rings. The fourth-order valence-electron chi connectivity index (χ4n) is 1.43. The average molecular weight is 315 g/mol. The summed E-state index contributed by atoms with van der Waals surface area (Å²) in [4.78, 5) is 9.80. The second kappa shape index (κ2) is 7.16. The molecule has 0 unspecified atom stereocenters. The quantitative estimate of drug-likeness (QED) is 0.243. The van der Waals surface area contributed by atoms with Gasteiger partial charge in [-0.3, -0.25) is 10.1 Å². The first-order valence-corrected chi connectivity index (χ1v) is 7.48. The van der Waals surface area contributed by atoms with Crippen molar-refractivity contribution in [1.29, 1.82) is 0 Å². The third-order valence-electron chi connectivity index (χ3n) is 2.40. The Morgan fingerprint density at radius 1 is 1.52 bits per heavy atom. The summed E-state index contributed by atoms with van der Waals surface area (Å²) >= 11 is 0. The topological polar surface area (TPSA) is 125 Å². The van der Waals surface area contributed by atoms with E-state index in [9.17, 15) is 18.5 Å². The minimum atomic E-state index is -3.85. The summed E-state index contributed by atoms with van der Waals surface area (Å²) in [5, 5.41) is 10.7. The van der Waals surface area contributed by atoms with Crippen LogP contribution in [0.1, 0.15) is 6.92 Å². The summed E-state index contributed by atoms with van der Waals surface area (Å²) in [6.07, 6.45) is 0. The van der Waals surface area contributed by atoms with E-state index in [0.29, 0.717) is 6.61 Å². The predicted octanol–water partition coefficient (Wildman–Crippen LogP) is 1.05. The number of nitro benzene ring substituents is 1. The van der Waals surface area contributed by atoms with Gasteiger partial charge in [0, 0.05) is 12.6 Å². The van der Waals surface area contributed by atoms with Crippen molar-refractivity contribution in [2.75, 3.05) is 25.5 Å². The van der Waals surface area contributed by atoms with E-state index in [1.54, 1.807) is 6.92 Å². The van der Waals surface area contributed by atoms with Crippen LogP contribution in [0, 0.1) is 10.1 Å². The van der Waals surface area contributed by atoms with Crippen molar-refractivity contribution < 1.29 is 18.1 Å². The molecule has 0 aliphatic carbocycles. The molecule has 0 bridgehead atoms. The first-order valence-electron chi connectivity index (χ1n) is 6.00. The molecule has 1 aromatic carbocycles. The Morgan fingerprint density at radius 2 is 2.19 bits per heavy atom. The number of nitrogens with two attached hydrogens (primary N) is 1. The van der Waals surface area contributed by atoms with E-state index >= 15 is 0 Å². The lowest BCUT2D eigenvalue weighted by atomic mass is 10.3. The number of nitrogens with zero attached hydrogens (tertiary/aromatic N) is 1. The normalized spacial score (nSPS) is 11.3. The van der Waals surface area contributed by atoms with Crippen molar-refractivity contribution in [1.82, 2.24) is 4.72 Å². The molecule has 3 N–H and O–H groups in total. The molecule has 0 aliphatic heterocycles. The van der Waals surface area contributed by atoms with E-state index in [2.05, 4.69) is 11.3 Å². The largest absolute Gasteiger partial charge is 0.393 e. The molecule has 0 aromatic heterocycles. The van der Waals surface area contributed by atoms with E-state index < -0.39 is 20.6 Å². The molecule has 0 atom stereocenters. The molecule has 21 heavy (non-hydrogen) atoms. The Labute approximate surface area is 122 Å². The van der Waals surface area contributed by atoms with Crippen molar-refractivity contribution in [3.8, 4) is 0 Å². The van der Waals surface area contributed by atoms with Gasteiger partial charge in [-0.05, 0) is 19.1 Å². The minimum absolute atomic E-state index is 0.0494. The standard InChI is InChI=1S/C12H17N3O5S/c1-9(2)8-20-6-5-14-21(18,19)10-3-4-11(13)12(7-10)15(16)17/h3-4,7,14H,1,5-6,8,13H2,2H3. The van der Waals surface area contributed by atoms with E-state index in [1.165, 1.54) is 12.1 Å². The van der Waals surface area contributed by atoms with Crippen molar-refractivity contribution >= 4 is 21.4 Å². The first-order chi connectivity index (χ1) is 9.74. The fourth-order valence-corrected chi connectivity index (χ4v) is 2.46. The zero-order valence-electron chi connectivity index (χ0n) is 11.5. The van der Waals surface area contributed by atoms with Crippen LogP contribution in [0.15, 0.2) is 35.2 Å². The van der Waals surface area contributed by atoms with Crippen LogP contribution in [0.25, 0.3) is 0 Å². The van der Waals surface area contributed by atoms with Crippen LogP contribution in [0.2, 0.25) is 0 Å². The molecule has 1 rings (SSSR count). The van der Waals surface area contributed by atoms with Gasteiger partial charge in [0.25, 0.3) is 5.69 Å². The highest BCUT2D eigenvalue weighted by molar-refractivity contribution is 7.89. The number of ether oxygens (including phenoxy) is 1. The number of anilines is 1. The van der Waals surface area contributed by atoms with Gasteiger partial charge >= 0.3 is 0 Å². The Balaban J connectivity index is 2.72. The van der Waals surface area contributed by atoms with Gasteiger partial charge in [-0.1, -0.05) is 12.2 Å². The third-order valence-corrected chi connectivity index (χ3v) is 3.85. The second-order valence-corrected chi connectivity index (χ2v) is 6.15. The fraction of sp³-hybridized carbons (Fsp3) is 0.333. The van der Waals surface area contributed by atoms with Gasteiger partial charge in [-0.15, -0.1) is 0 Å². The molecular weight excluding hydrogens is 298 g/mol. The van der Waals surface area contributed by atoms with Gasteiger partial charge < -0.3 is 10.5 Å². The summed E-state index contributed by atoms with van der Waals surface area (Å²) in [5.74, 6) is 0. The highest BCUT2D eigenvalue weighted by atomic mass is 32.2. The van der Waals surface area contributed by atoms with Crippen molar-refractivity contribution in [2.45, 2.75) is 11.8 Å². The number of nitro groups is 1. The zero-order chi connectivity index (χ0) is 16.0. The molecule has 0 heterocycles. The zero-order valence-corrected chi connectivity index (χ0v) is 12.4. The van der Waals surface area contributed by atoms with Gasteiger partial charge in [-0.25, -0.2) is 13.1 Å². The smallest absolute Gasteiger partial charge is 0.293 e. The number of nitrogen functional groups attached to an aromatic ring is 1. The van der Waals surface area contributed by atoms with Crippen LogP contribution >= 0.6 is 0 Å². The van der Waals surface area contributed by atoms with E-state index in [-0.39, 0.29) is 23.7 Å². The lowest BCUT2D eigenvalue weighted by molar-refractivity contribution is -0.384. The number of rotatable bonds is 8. The van der Waals surface area contributed by atoms with E-state index in [4.69, 9.17) is 10.5 Å². The maximum atomic E-state index is 12.0. The minimum Gasteiger partial charge on any atom is -0.393 e. The van der Waals surface area contributed by atoms with E-state index in [1.807, 2.05) is 0 Å². The molecule has 0 radical (unpaired) electrons. The van der Waals surface area contributed by atoms with Crippen LogP contribution in [0.4, 0.5) is 11.4 Å². The summed E-state index contributed by atoms with van der Waals surface area (Å²) < 4.78 is 31.4. The number of hydrogen-bond donors (Lipinski definition) is 2. The Morgan fingerprint density at radius 3 is 2.76 bits per heavy atom. The maximum absolute atomic E-state index is 12.0. The predicted molar refractivity (Wildman–Crippen MR) is 78.3 cm³/mol. The van der Waals surface area contributed by atoms with Crippen LogP contribution in [-0.2, 0) is 14.8 Å². The average Bonchev–Trinajstić information content (AvgIpc) is 2.37. The molecule has 9 heteroatoms. The first kappa shape index (κ1) is 17.1. The van der Waals surface area contributed by atoms with Crippen molar-refractivity contribution in [3.05, 3.63) is 40.5 Å². The molecule has 0 fully saturated rings. The molecule has 8 nitrogen and oxygen atoms in total. The molecule has 0 saturated heterocycles. The van der Waals surface area contributed by atoms with Crippen LogP contribution in [-0.4, -0.2) is 33.1 Å². The Kier molecular flexibility index (Phi) is 5.82. The van der Waals surface area contributed by atoms with Gasteiger partial charge in [0.1, 0.15) is 5.69 Å². The lowest BCUT2D eigenvalue weighted by Gasteiger charge is -2.08. The summed E-state index contributed by atoms with van der Waals surface area (Å²) in [5.41, 5.74) is 5.70. The maximum Gasteiger partial charge on any atom is 0.293 e. The Bertz CT molecular complexity index is 642. The molecule has 0 amide bonds. The van der Waals surface area contributed by atoms with Gasteiger partial charge in [0.15, 0.2) is 0 Å². The van der Waals surface area contributed by atoms with Crippen LogP contribution in [0.3, 0.4) is 0 Å². The SMILES string of the molecule is C=C(C)COCCNS(=O)(=O)c1ccc(N)c([N+](=O)[O-])c1. The lowest BCUT2D eigenvalue weighted by Crippen LogP contribution is -2.27. The van der Waals surface area contributed by atoms with Gasteiger partial charge in [0.05, 0.1) is 23.0 Å². The van der Waals surface area contributed by atoms with Crippen molar-refractivity contribution in [2.24, 2.45) is 0 Å². The number of nitrogens with one attached hydrogen (secondary N) is 1. The highest BCUT2D eigenvalue weighted by Crippen LogP contribution is 2.24. The van der Waals surface area contributed by atoms with Crippen LogP contribution in [0.5, 0.6) is 0 Å². The molecular formula is C12H17N3O5S. The number of benzene rings is 1. The second-order valence-electron chi connectivity index (χ2n) is 4.39. The Hall–Kier alpha value is -1.97. The molecule has 1 aromatic rings. The highest BCUT2D eigenvalue weighted by Gasteiger charge is 2.19. The third kappa shape index (κ3) is 5.14. The van der Waals surface area contributed by atoms with Gasteiger partial charge in [0.2, 0.25) is 10.0 Å².